The second-order valence-electron chi connectivity index (χ2n) is 16.7. The van der Waals surface area contributed by atoms with Crippen LogP contribution in [0.25, 0.3) is 133 Å². The van der Waals surface area contributed by atoms with Gasteiger partial charge in [0.1, 0.15) is 11.2 Å². The van der Waals surface area contributed by atoms with Gasteiger partial charge in [-0.2, -0.15) is 0 Å². The lowest BCUT2D eigenvalue weighted by Gasteiger charge is -2.16. The van der Waals surface area contributed by atoms with Gasteiger partial charge in [0.15, 0.2) is 5.82 Å². The minimum Gasteiger partial charge on any atom is -0.456 e. The first-order valence-electron chi connectivity index (χ1n) is 22.0. The number of nitrogens with zero attached hydrogens (tertiary/aromatic N) is 3. The zero-order valence-corrected chi connectivity index (χ0v) is 35.1. The summed E-state index contributed by atoms with van der Waals surface area (Å²) in [6.07, 6.45) is 0. The highest BCUT2D eigenvalue weighted by atomic mass is 16.3. The summed E-state index contributed by atoms with van der Waals surface area (Å²) in [6, 6.07) is 79.2. The minimum atomic E-state index is 0.685. The first-order valence-corrected chi connectivity index (χ1v) is 22.0. The van der Waals surface area contributed by atoms with Gasteiger partial charge in [0.05, 0.1) is 22.6 Å². The molecule has 0 fully saturated rings. The van der Waals surface area contributed by atoms with E-state index >= 15 is 0 Å². The van der Waals surface area contributed by atoms with Gasteiger partial charge in [0.2, 0.25) is 0 Å². The van der Waals surface area contributed by atoms with Crippen molar-refractivity contribution in [2.24, 2.45) is 0 Å². The van der Waals surface area contributed by atoms with Crippen molar-refractivity contribution in [2.45, 2.75) is 0 Å². The summed E-state index contributed by atoms with van der Waals surface area (Å²) in [6.45, 7) is 0. The fourth-order valence-electron chi connectivity index (χ4n) is 9.63. The van der Waals surface area contributed by atoms with Gasteiger partial charge in [0, 0.05) is 54.7 Å². The Bertz CT molecular complexity index is 3890. The Morgan fingerprint density at radius 3 is 1.58 bits per heavy atom. The van der Waals surface area contributed by atoms with E-state index in [1.54, 1.807) is 0 Å². The number of pyridine rings is 1. The third-order valence-corrected chi connectivity index (χ3v) is 12.8. The molecule has 13 rings (SSSR count). The van der Waals surface area contributed by atoms with Crippen LogP contribution in [0.1, 0.15) is 0 Å². The molecule has 0 saturated carbocycles. The smallest absolute Gasteiger partial charge is 0.160 e. The molecule has 4 nitrogen and oxygen atoms in total. The van der Waals surface area contributed by atoms with Crippen molar-refractivity contribution in [1.82, 2.24) is 15.0 Å². The van der Waals surface area contributed by atoms with Crippen LogP contribution in [0.5, 0.6) is 0 Å². The van der Waals surface area contributed by atoms with E-state index in [9.17, 15) is 0 Å². The molecule has 13 aromatic rings. The van der Waals surface area contributed by atoms with E-state index in [4.69, 9.17) is 19.4 Å². The van der Waals surface area contributed by atoms with E-state index in [1.807, 2.05) is 6.07 Å². The number of para-hydroxylation sites is 2. The summed E-state index contributed by atoms with van der Waals surface area (Å²) in [5.41, 5.74) is 13.9. The van der Waals surface area contributed by atoms with Gasteiger partial charge in [-0.15, -0.1) is 0 Å². The maximum atomic E-state index is 6.71. The molecule has 0 unspecified atom stereocenters. The highest BCUT2D eigenvalue weighted by Crippen LogP contribution is 2.47. The Labute approximate surface area is 374 Å². The van der Waals surface area contributed by atoms with E-state index in [0.29, 0.717) is 5.82 Å². The lowest BCUT2D eigenvalue weighted by molar-refractivity contribution is 0.669. The predicted molar refractivity (Wildman–Crippen MR) is 270 cm³/mol. The van der Waals surface area contributed by atoms with E-state index in [2.05, 4.69) is 218 Å². The summed E-state index contributed by atoms with van der Waals surface area (Å²) in [7, 11) is 0. The molecule has 0 spiro atoms. The standard InChI is InChI=1S/C61H37N3O/c1-2-12-38(13-3-1)41-22-30-44(31-23-41)60-51-36-56-59(50-19-9-11-21-55(50)65-56)57(58(51)49-18-8-10-20-52(49)62-60)43-28-26-42(27-29-43)53-37-54(47-32-24-39-14-4-6-16-45(39)34-47)64-61(63-53)48-33-25-40-15-5-7-17-46(40)35-48/h1-37H. The van der Waals surface area contributed by atoms with Crippen LogP contribution in [0, 0.1) is 0 Å². The quantitative estimate of drug-likeness (QED) is 0.157. The Morgan fingerprint density at radius 2 is 0.831 bits per heavy atom. The molecule has 0 amide bonds. The Kier molecular flexibility index (Phi) is 8.50. The van der Waals surface area contributed by atoms with Gasteiger partial charge in [0.25, 0.3) is 0 Å². The molecule has 65 heavy (non-hydrogen) atoms. The van der Waals surface area contributed by atoms with Crippen LogP contribution in [0.3, 0.4) is 0 Å². The van der Waals surface area contributed by atoms with Gasteiger partial charge >= 0.3 is 0 Å². The van der Waals surface area contributed by atoms with Crippen molar-refractivity contribution in [3.05, 3.63) is 224 Å². The zero-order chi connectivity index (χ0) is 42.8. The molecular weight excluding hydrogens is 791 g/mol. The van der Waals surface area contributed by atoms with Crippen LogP contribution in [-0.4, -0.2) is 15.0 Å². The largest absolute Gasteiger partial charge is 0.456 e. The van der Waals surface area contributed by atoms with Crippen LogP contribution >= 0.6 is 0 Å². The Hall–Kier alpha value is -8.73. The first kappa shape index (κ1) is 36.9. The SMILES string of the molecule is c1ccc(-c2ccc(-c3nc4ccccc4c4c(-c5ccc(-c6cc(-c7ccc8ccccc8c7)nc(-c7ccc8ccccc8c7)n6)cc5)c5c(cc34)oc3ccccc35)cc2)cc1. The molecule has 10 aromatic carbocycles. The van der Waals surface area contributed by atoms with Crippen LogP contribution in [0.2, 0.25) is 0 Å². The van der Waals surface area contributed by atoms with Gasteiger partial charge in [-0.1, -0.05) is 188 Å². The van der Waals surface area contributed by atoms with Crippen LogP contribution in [0.15, 0.2) is 229 Å². The molecule has 0 saturated heterocycles. The molecule has 0 aliphatic carbocycles. The molecule has 0 aliphatic heterocycles. The monoisotopic (exact) mass is 827 g/mol. The van der Waals surface area contributed by atoms with Crippen LogP contribution < -0.4 is 0 Å². The third kappa shape index (κ3) is 6.34. The number of fused-ring (bicyclic) bond motifs is 8. The second kappa shape index (κ2) is 15.0. The number of aromatic nitrogens is 3. The second-order valence-corrected chi connectivity index (χ2v) is 16.7. The number of furan rings is 1. The summed E-state index contributed by atoms with van der Waals surface area (Å²) < 4.78 is 6.71. The van der Waals surface area contributed by atoms with Gasteiger partial charge in [-0.05, 0) is 74.6 Å². The van der Waals surface area contributed by atoms with Gasteiger partial charge < -0.3 is 4.42 Å². The summed E-state index contributed by atoms with van der Waals surface area (Å²) in [4.78, 5) is 15.9. The molecule has 0 N–H and O–H groups in total. The van der Waals surface area contributed by atoms with E-state index < -0.39 is 0 Å². The average Bonchev–Trinajstić information content (AvgIpc) is 3.76. The summed E-state index contributed by atoms with van der Waals surface area (Å²) in [5.74, 6) is 0.685. The van der Waals surface area contributed by atoms with Crippen molar-refractivity contribution < 1.29 is 4.42 Å². The normalized spacial score (nSPS) is 11.7. The average molecular weight is 828 g/mol. The molecule has 0 bridgehead atoms. The zero-order valence-electron chi connectivity index (χ0n) is 35.1. The number of hydrogen-bond acceptors (Lipinski definition) is 4. The molecule has 0 radical (unpaired) electrons. The third-order valence-electron chi connectivity index (χ3n) is 12.8. The van der Waals surface area contributed by atoms with Crippen LogP contribution in [0.4, 0.5) is 0 Å². The lowest BCUT2D eigenvalue weighted by atomic mass is 9.89. The van der Waals surface area contributed by atoms with Crippen molar-refractivity contribution in [1.29, 1.82) is 0 Å². The van der Waals surface area contributed by atoms with Gasteiger partial charge in [-0.3, -0.25) is 0 Å². The maximum absolute atomic E-state index is 6.71. The van der Waals surface area contributed by atoms with Crippen molar-refractivity contribution in [2.75, 3.05) is 0 Å². The molecule has 0 aliphatic rings. The molecule has 4 heteroatoms. The maximum Gasteiger partial charge on any atom is 0.160 e. The topological polar surface area (TPSA) is 51.8 Å². The fraction of sp³-hybridized carbons (Fsp3) is 0. The Balaban J connectivity index is 1.01. The van der Waals surface area contributed by atoms with Crippen molar-refractivity contribution >= 4 is 65.2 Å². The number of rotatable bonds is 6. The predicted octanol–water partition coefficient (Wildman–Crippen LogP) is 16.4. The highest BCUT2D eigenvalue weighted by Gasteiger charge is 2.22. The first-order chi connectivity index (χ1) is 32.2. The number of hydrogen-bond donors (Lipinski definition) is 0. The molecule has 302 valence electrons. The molecule has 3 heterocycles. The summed E-state index contributed by atoms with van der Waals surface area (Å²) >= 11 is 0. The Morgan fingerprint density at radius 1 is 0.292 bits per heavy atom. The van der Waals surface area contributed by atoms with Gasteiger partial charge in [-0.25, -0.2) is 15.0 Å². The lowest BCUT2D eigenvalue weighted by Crippen LogP contribution is -1.96. The fourth-order valence-corrected chi connectivity index (χ4v) is 9.63. The molecular formula is C61H37N3O. The van der Waals surface area contributed by atoms with Crippen molar-refractivity contribution in [3.63, 3.8) is 0 Å². The van der Waals surface area contributed by atoms with E-state index in [-0.39, 0.29) is 0 Å². The number of benzene rings is 10. The van der Waals surface area contributed by atoms with E-state index in [0.717, 1.165) is 105 Å². The van der Waals surface area contributed by atoms with Crippen LogP contribution in [-0.2, 0) is 0 Å². The minimum absolute atomic E-state index is 0.685. The molecule has 3 aromatic heterocycles. The molecule has 0 atom stereocenters. The highest BCUT2D eigenvalue weighted by molar-refractivity contribution is 6.27. The van der Waals surface area contributed by atoms with Crippen molar-refractivity contribution in [3.8, 4) is 67.4 Å². The van der Waals surface area contributed by atoms with E-state index in [1.165, 1.54) is 21.7 Å². The summed E-state index contributed by atoms with van der Waals surface area (Å²) in [5, 5.41) is 10.1.